The summed E-state index contributed by atoms with van der Waals surface area (Å²) in [4.78, 5) is 10.6. The average Bonchev–Trinajstić information content (AvgIpc) is 2.41. The van der Waals surface area contributed by atoms with Crippen molar-refractivity contribution >= 4 is 23.0 Å². The Kier molecular flexibility index (Phi) is 4.25. The number of rotatable bonds is 4. The topological polar surface area (TPSA) is 55.2 Å². The Balaban J connectivity index is 2.30. The van der Waals surface area contributed by atoms with Crippen molar-refractivity contribution in [2.24, 2.45) is 0 Å². The van der Waals surface area contributed by atoms with Crippen LogP contribution in [0.2, 0.25) is 5.02 Å². The monoisotopic (exact) mass is 290 g/mol. The van der Waals surface area contributed by atoms with Crippen LogP contribution < -0.4 is 5.32 Å². The first-order chi connectivity index (χ1) is 9.49. The zero-order valence-electron chi connectivity index (χ0n) is 11.3. The second-order valence-corrected chi connectivity index (χ2v) is 5.07. The summed E-state index contributed by atoms with van der Waals surface area (Å²) in [5.41, 5.74) is 2.55. The van der Waals surface area contributed by atoms with Gasteiger partial charge in [0.05, 0.1) is 9.95 Å². The minimum absolute atomic E-state index is 0.0172. The van der Waals surface area contributed by atoms with Gasteiger partial charge in [-0.25, -0.2) is 0 Å². The predicted octanol–water partition coefficient (Wildman–Crippen LogP) is 4.73. The molecule has 0 heterocycles. The molecular weight excluding hydrogens is 276 g/mol. The second-order valence-electron chi connectivity index (χ2n) is 4.67. The van der Waals surface area contributed by atoms with E-state index >= 15 is 0 Å². The van der Waals surface area contributed by atoms with E-state index in [1.54, 1.807) is 12.1 Å². The third-order valence-electron chi connectivity index (χ3n) is 3.13. The molecule has 20 heavy (non-hydrogen) atoms. The zero-order chi connectivity index (χ0) is 14.7. The Morgan fingerprint density at radius 2 is 1.85 bits per heavy atom. The fourth-order valence-electron chi connectivity index (χ4n) is 1.96. The summed E-state index contributed by atoms with van der Waals surface area (Å²) in [6, 6.07) is 12.6. The predicted molar refractivity (Wildman–Crippen MR) is 81.3 cm³/mol. The third-order valence-corrected chi connectivity index (χ3v) is 3.44. The van der Waals surface area contributed by atoms with Crippen LogP contribution in [0.25, 0.3) is 0 Å². The summed E-state index contributed by atoms with van der Waals surface area (Å²) in [7, 11) is 0. The van der Waals surface area contributed by atoms with Gasteiger partial charge in [-0.05, 0) is 25.5 Å². The molecule has 0 bridgehead atoms. The third kappa shape index (κ3) is 3.08. The lowest BCUT2D eigenvalue weighted by Gasteiger charge is -2.17. The smallest absolute Gasteiger partial charge is 0.293 e. The van der Waals surface area contributed by atoms with Gasteiger partial charge in [0.1, 0.15) is 5.69 Å². The van der Waals surface area contributed by atoms with Gasteiger partial charge in [0.2, 0.25) is 0 Å². The van der Waals surface area contributed by atoms with Gasteiger partial charge in [0, 0.05) is 12.1 Å². The summed E-state index contributed by atoms with van der Waals surface area (Å²) < 4.78 is 0. The van der Waals surface area contributed by atoms with Crippen LogP contribution in [0.15, 0.2) is 42.5 Å². The van der Waals surface area contributed by atoms with Crippen LogP contribution in [0, 0.1) is 17.0 Å². The van der Waals surface area contributed by atoms with E-state index in [0.29, 0.717) is 10.7 Å². The first-order valence-corrected chi connectivity index (χ1v) is 6.63. The standard InChI is InChI=1S/C15H15ClN2O2/c1-10-6-8-12(9-7-10)11(2)17-15-13(16)4-3-5-14(15)18(19)20/h3-9,11,17H,1-2H3. The fourth-order valence-corrected chi connectivity index (χ4v) is 2.19. The summed E-state index contributed by atoms with van der Waals surface area (Å²) in [5.74, 6) is 0. The zero-order valence-corrected chi connectivity index (χ0v) is 12.0. The molecule has 2 aromatic carbocycles. The number of nitro groups is 1. The van der Waals surface area contributed by atoms with Crippen molar-refractivity contribution in [1.29, 1.82) is 0 Å². The highest BCUT2D eigenvalue weighted by atomic mass is 35.5. The minimum Gasteiger partial charge on any atom is -0.372 e. The number of para-hydroxylation sites is 1. The molecule has 1 atom stereocenters. The number of nitrogens with zero attached hydrogens (tertiary/aromatic N) is 1. The lowest BCUT2D eigenvalue weighted by atomic mass is 10.1. The van der Waals surface area contributed by atoms with Crippen LogP contribution in [-0.4, -0.2) is 4.92 Å². The van der Waals surface area contributed by atoms with E-state index in [-0.39, 0.29) is 11.7 Å². The van der Waals surface area contributed by atoms with E-state index in [1.165, 1.54) is 11.6 Å². The molecule has 0 aromatic heterocycles. The van der Waals surface area contributed by atoms with Gasteiger partial charge in [-0.1, -0.05) is 47.5 Å². The normalized spacial score (nSPS) is 11.9. The molecule has 5 heteroatoms. The van der Waals surface area contributed by atoms with E-state index in [4.69, 9.17) is 11.6 Å². The number of nitrogens with one attached hydrogen (secondary N) is 1. The van der Waals surface area contributed by atoms with Gasteiger partial charge in [0.15, 0.2) is 0 Å². The molecule has 104 valence electrons. The van der Waals surface area contributed by atoms with Crippen molar-refractivity contribution < 1.29 is 4.92 Å². The first kappa shape index (κ1) is 14.3. The maximum absolute atomic E-state index is 11.0. The van der Waals surface area contributed by atoms with Crippen LogP contribution in [0.5, 0.6) is 0 Å². The van der Waals surface area contributed by atoms with Crippen molar-refractivity contribution in [2.45, 2.75) is 19.9 Å². The minimum atomic E-state index is -0.434. The molecular formula is C15H15ClN2O2. The highest BCUT2D eigenvalue weighted by Gasteiger charge is 2.18. The summed E-state index contributed by atoms with van der Waals surface area (Å²) in [6.45, 7) is 3.96. The van der Waals surface area contributed by atoms with Crippen LogP contribution in [0.3, 0.4) is 0 Å². The molecule has 4 nitrogen and oxygen atoms in total. The highest BCUT2D eigenvalue weighted by Crippen LogP contribution is 2.34. The molecule has 0 amide bonds. The molecule has 2 rings (SSSR count). The van der Waals surface area contributed by atoms with Crippen molar-refractivity contribution in [3.05, 3.63) is 68.7 Å². The van der Waals surface area contributed by atoms with E-state index in [1.807, 2.05) is 38.1 Å². The van der Waals surface area contributed by atoms with Crippen molar-refractivity contribution in [2.75, 3.05) is 5.32 Å². The summed E-state index contributed by atoms with van der Waals surface area (Å²) >= 11 is 6.06. The molecule has 0 fully saturated rings. The van der Waals surface area contributed by atoms with Crippen molar-refractivity contribution in [1.82, 2.24) is 0 Å². The van der Waals surface area contributed by atoms with Crippen LogP contribution in [0.1, 0.15) is 24.1 Å². The summed E-state index contributed by atoms with van der Waals surface area (Å²) in [6.07, 6.45) is 0. The molecule has 0 aliphatic heterocycles. The number of hydrogen-bond acceptors (Lipinski definition) is 3. The molecule has 0 spiro atoms. The lowest BCUT2D eigenvalue weighted by Crippen LogP contribution is -2.08. The molecule has 0 aliphatic carbocycles. The Hall–Kier alpha value is -2.07. The number of nitro benzene ring substituents is 1. The number of aryl methyl sites for hydroxylation is 1. The summed E-state index contributed by atoms with van der Waals surface area (Å²) in [5, 5.41) is 14.5. The van der Waals surface area contributed by atoms with E-state index in [2.05, 4.69) is 5.32 Å². The quantitative estimate of drug-likeness (QED) is 0.654. The Morgan fingerprint density at radius 3 is 2.45 bits per heavy atom. The van der Waals surface area contributed by atoms with Crippen LogP contribution >= 0.6 is 11.6 Å². The largest absolute Gasteiger partial charge is 0.372 e. The van der Waals surface area contributed by atoms with Crippen molar-refractivity contribution in [3.63, 3.8) is 0 Å². The van der Waals surface area contributed by atoms with Gasteiger partial charge < -0.3 is 5.32 Å². The Bertz CT molecular complexity index is 626. The van der Waals surface area contributed by atoms with Gasteiger partial charge in [0.25, 0.3) is 5.69 Å². The van der Waals surface area contributed by atoms with Gasteiger partial charge in [-0.3, -0.25) is 10.1 Å². The molecule has 0 saturated carbocycles. The molecule has 0 radical (unpaired) electrons. The maximum Gasteiger partial charge on any atom is 0.293 e. The second kappa shape index (κ2) is 5.92. The lowest BCUT2D eigenvalue weighted by molar-refractivity contribution is -0.384. The molecule has 2 aromatic rings. The molecule has 0 saturated heterocycles. The number of anilines is 1. The fraction of sp³-hybridized carbons (Fsp3) is 0.200. The Morgan fingerprint density at radius 1 is 1.20 bits per heavy atom. The van der Waals surface area contributed by atoms with Gasteiger partial charge in [-0.2, -0.15) is 0 Å². The first-order valence-electron chi connectivity index (χ1n) is 6.25. The molecule has 1 N–H and O–H groups in total. The molecule has 1 unspecified atom stereocenters. The number of hydrogen-bond donors (Lipinski definition) is 1. The van der Waals surface area contributed by atoms with Gasteiger partial charge >= 0.3 is 0 Å². The van der Waals surface area contributed by atoms with E-state index in [9.17, 15) is 10.1 Å². The Labute approximate surface area is 122 Å². The van der Waals surface area contributed by atoms with Crippen LogP contribution in [-0.2, 0) is 0 Å². The molecule has 0 aliphatic rings. The average molecular weight is 291 g/mol. The van der Waals surface area contributed by atoms with Crippen LogP contribution in [0.4, 0.5) is 11.4 Å². The number of benzene rings is 2. The van der Waals surface area contributed by atoms with Gasteiger partial charge in [-0.15, -0.1) is 0 Å². The van der Waals surface area contributed by atoms with E-state index in [0.717, 1.165) is 5.56 Å². The SMILES string of the molecule is Cc1ccc(C(C)Nc2c(Cl)cccc2[N+](=O)[O-])cc1. The van der Waals surface area contributed by atoms with E-state index < -0.39 is 4.92 Å². The van der Waals surface area contributed by atoms with Crippen molar-refractivity contribution in [3.8, 4) is 0 Å². The highest BCUT2D eigenvalue weighted by molar-refractivity contribution is 6.33. The maximum atomic E-state index is 11.0. The number of halogens is 1.